The average Bonchev–Trinajstić information content (AvgIpc) is 3.06. The van der Waals surface area contributed by atoms with Crippen LogP contribution >= 0.6 is 0 Å². The van der Waals surface area contributed by atoms with Gasteiger partial charge in [-0.15, -0.1) is 0 Å². The van der Waals surface area contributed by atoms with Gasteiger partial charge < -0.3 is 20.3 Å². The van der Waals surface area contributed by atoms with E-state index in [1.165, 1.54) is 0 Å². The smallest absolute Gasteiger partial charge is 0.262 e. The van der Waals surface area contributed by atoms with Gasteiger partial charge in [-0.05, 0) is 68.3 Å². The molecule has 28 heavy (non-hydrogen) atoms. The van der Waals surface area contributed by atoms with Crippen LogP contribution in [0.15, 0.2) is 41.5 Å². The molecule has 1 saturated carbocycles. The Balaban J connectivity index is 1.80. The molecule has 0 bridgehead atoms. The predicted octanol–water partition coefficient (Wildman–Crippen LogP) is 3.19. The molecule has 7 nitrogen and oxygen atoms in total. The molecule has 1 aliphatic rings. The highest BCUT2D eigenvalue weighted by atomic mass is 16.3. The minimum absolute atomic E-state index is 0.0808. The Morgan fingerprint density at radius 2 is 2.11 bits per heavy atom. The summed E-state index contributed by atoms with van der Waals surface area (Å²) in [4.78, 5) is 21.9. The number of rotatable bonds is 5. The summed E-state index contributed by atoms with van der Waals surface area (Å²) >= 11 is 0. The Morgan fingerprint density at radius 3 is 2.82 bits per heavy atom. The van der Waals surface area contributed by atoms with Crippen LogP contribution in [0, 0.1) is 6.92 Å². The summed E-state index contributed by atoms with van der Waals surface area (Å²) in [6.07, 6.45) is 5.70. The highest BCUT2D eigenvalue weighted by molar-refractivity contribution is 5.93. The number of nitrogens with zero attached hydrogens (tertiary/aromatic N) is 3. The van der Waals surface area contributed by atoms with Crippen molar-refractivity contribution in [1.29, 1.82) is 0 Å². The van der Waals surface area contributed by atoms with Gasteiger partial charge in [-0.25, -0.2) is 9.97 Å². The summed E-state index contributed by atoms with van der Waals surface area (Å²) < 4.78 is 1.66. The van der Waals surface area contributed by atoms with Crippen molar-refractivity contribution in [2.24, 2.45) is 0 Å². The molecule has 3 N–H and O–H groups in total. The van der Waals surface area contributed by atoms with Crippen molar-refractivity contribution in [2.75, 3.05) is 10.6 Å². The van der Waals surface area contributed by atoms with E-state index in [-0.39, 0.29) is 11.6 Å². The molecule has 0 aromatic carbocycles. The Labute approximate surface area is 163 Å². The van der Waals surface area contributed by atoms with Crippen molar-refractivity contribution in [3.8, 4) is 0 Å². The maximum absolute atomic E-state index is 12.9. The van der Waals surface area contributed by atoms with Crippen molar-refractivity contribution >= 4 is 28.2 Å². The number of aromatic nitrogens is 3. The second-order valence-corrected chi connectivity index (χ2v) is 7.32. The lowest BCUT2D eigenvalue weighted by molar-refractivity contribution is 0.171. The fourth-order valence-corrected chi connectivity index (χ4v) is 3.74. The third-order valence-electron chi connectivity index (χ3n) is 5.27. The first-order valence-electron chi connectivity index (χ1n) is 9.73. The normalized spacial score (nSPS) is 19.1. The van der Waals surface area contributed by atoms with Gasteiger partial charge >= 0.3 is 0 Å². The first-order chi connectivity index (χ1) is 13.5. The first-order valence-corrected chi connectivity index (χ1v) is 9.73. The van der Waals surface area contributed by atoms with Crippen molar-refractivity contribution in [1.82, 2.24) is 14.5 Å². The molecular formula is C21H25N5O2. The van der Waals surface area contributed by atoms with Crippen LogP contribution in [0.1, 0.15) is 31.7 Å². The van der Waals surface area contributed by atoms with Crippen LogP contribution in [0.2, 0.25) is 0 Å². The number of nitrogens with one attached hydrogen (secondary N) is 2. The van der Waals surface area contributed by atoms with E-state index in [4.69, 9.17) is 0 Å². The van der Waals surface area contributed by atoms with Crippen LogP contribution < -0.4 is 16.2 Å². The molecule has 7 heteroatoms. The molecule has 0 amide bonds. The molecular weight excluding hydrogens is 354 g/mol. The minimum atomic E-state index is -0.427. The van der Waals surface area contributed by atoms with Crippen LogP contribution in [0.5, 0.6) is 0 Å². The third-order valence-corrected chi connectivity index (χ3v) is 5.27. The topological polar surface area (TPSA) is 92.1 Å². The Bertz CT molecular complexity index is 1060. The molecule has 146 valence electrons. The Morgan fingerprint density at radius 1 is 1.25 bits per heavy atom. The predicted molar refractivity (Wildman–Crippen MR) is 111 cm³/mol. The number of hydrogen-bond acceptors (Lipinski definition) is 6. The van der Waals surface area contributed by atoms with E-state index < -0.39 is 6.10 Å². The second-order valence-electron chi connectivity index (χ2n) is 7.32. The fourth-order valence-electron chi connectivity index (χ4n) is 3.74. The first kappa shape index (κ1) is 18.4. The quantitative estimate of drug-likeness (QED) is 0.631. The lowest BCUT2D eigenvalue weighted by Gasteiger charge is -2.19. The number of aliphatic hydroxyl groups is 1. The zero-order chi connectivity index (χ0) is 19.7. The van der Waals surface area contributed by atoms with Gasteiger partial charge in [-0.2, -0.15) is 0 Å². The van der Waals surface area contributed by atoms with E-state index in [1.54, 1.807) is 17.0 Å². The molecule has 0 aliphatic heterocycles. The van der Waals surface area contributed by atoms with Gasteiger partial charge in [0.1, 0.15) is 17.5 Å². The van der Waals surface area contributed by atoms with E-state index in [0.29, 0.717) is 29.4 Å². The summed E-state index contributed by atoms with van der Waals surface area (Å²) in [5.74, 6) is 1.81. The van der Waals surface area contributed by atoms with Gasteiger partial charge in [0.25, 0.3) is 5.56 Å². The Hall–Kier alpha value is -2.93. The number of pyridine rings is 3. The lowest BCUT2D eigenvalue weighted by Crippen LogP contribution is -2.30. The molecule has 4 rings (SSSR count). The molecule has 0 unspecified atom stereocenters. The third kappa shape index (κ3) is 3.57. The maximum Gasteiger partial charge on any atom is 0.262 e. The zero-order valence-corrected chi connectivity index (χ0v) is 16.1. The fraction of sp³-hybridized carbons (Fsp3) is 0.381. The number of aryl methyl sites for hydroxylation is 2. The second kappa shape index (κ2) is 7.59. The highest BCUT2D eigenvalue weighted by Crippen LogP contribution is 2.28. The number of fused-ring (bicyclic) bond motifs is 1. The van der Waals surface area contributed by atoms with Gasteiger partial charge in [-0.1, -0.05) is 0 Å². The lowest BCUT2D eigenvalue weighted by atomic mass is 10.1. The maximum atomic E-state index is 12.9. The summed E-state index contributed by atoms with van der Waals surface area (Å²) in [5.41, 5.74) is 1.01. The molecule has 0 saturated heterocycles. The van der Waals surface area contributed by atoms with Gasteiger partial charge in [0.15, 0.2) is 0 Å². The van der Waals surface area contributed by atoms with E-state index in [1.807, 2.05) is 38.1 Å². The molecule has 0 spiro atoms. The van der Waals surface area contributed by atoms with Crippen LogP contribution in [-0.4, -0.2) is 31.8 Å². The zero-order valence-electron chi connectivity index (χ0n) is 16.1. The largest absolute Gasteiger partial charge is 0.391 e. The van der Waals surface area contributed by atoms with Crippen LogP contribution in [-0.2, 0) is 6.54 Å². The molecule has 1 fully saturated rings. The summed E-state index contributed by atoms with van der Waals surface area (Å²) in [5, 5.41) is 18.1. The number of aliphatic hydroxyl groups excluding tert-OH is 1. The number of hydrogen-bond donors (Lipinski definition) is 3. The van der Waals surface area contributed by atoms with Crippen LogP contribution in [0.3, 0.4) is 0 Å². The van der Waals surface area contributed by atoms with E-state index >= 15 is 0 Å². The average molecular weight is 379 g/mol. The minimum Gasteiger partial charge on any atom is -0.391 e. The summed E-state index contributed by atoms with van der Waals surface area (Å²) in [7, 11) is 0. The van der Waals surface area contributed by atoms with Gasteiger partial charge in [0, 0.05) is 18.9 Å². The Kier molecular flexibility index (Phi) is 5.00. The molecule has 3 aromatic heterocycles. The molecule has 0 radical (unpaired) electrons. The SMILES string of the molecule is CCn1ccc2cc(Nc3cc(C)ccn3)nc(N[C@H]3CCC[C@H]3O)c2c1=O. The summed E-state index contributed by atoms with van der Waals surface area (Å²) in [6, 6.07) is 7.55. The van der Waals surface area contributed by atoms with E-state index in [2.05, 4.69) is 20.6 Å². The molecule has 1 aliphatic carbocycles. The molecule has 3 heterocycles. The van der Waals surface area contributed by atoms with Crippen molar-refractivity contribution in [3.63, 3.8) is 0 Å². The highest BCUT2D eigenvalue weighted by Gasteiger charge is 2.26. The van der Waals surface area contributed by atoms with E-state index in [9.17, 15) is 9.90 Å². The van der Waals surface area contributed by atoms with E-state index in [0.717, 1.165) is 30.2 Å². The molecule has 2 atom stereocenters. The molecule has 3 aromatic rings. The van der Waals surface area contributed by atoms with Gasteiger partial charge in [0.2, 0.25) is 0 Å². The summed E-state index contributed by atoms with van der Waals surface area (Å²) in [6.45, 7) is 4.53. The van der Waals surface area contributed by atoms with Crippen LogP contribution in [0.4, 0.5) is 17.5 Å². The van der Waals surface area contributed by atoms with Gasteiger partial charge in [0.05, 0.1) is 17.5 Å². The van der Waals surface area contributed by atoms with Gasteiger partial charge in [-0.3, -0.25) is 4.79 Å². The van der Waals surface area contributed by atoms with Crippen molar-refractivity contribution in [2.45, 2.75) is 51.8 Å². The van der Waals surface area contributed by atoms with Crippen LogP contribution in [0.25, 0.3) is 10.8 Å². The van der Waals surface area contributed by atoms with Crippen molar-refractivity contribution in [3.05, 3.63) is 52.6 Å². The monoisotopic (exact) mass is 379 g/mol. The standard InChI is InChI=1S/C21H25N5O2/c1-3-26-10-8-14-12-18(24-17-11-13(2)7-9-22-17)25-20(19(14)21(26)28)23-15-5-4-6-16(15)27/h7-12,15-16,27H,3-6H2,1-2H3,(H2,22,23,24,25)/t15-,16+/m0/s1. The van der Waals surface area contributed by atoms with Crippen molar-refractivity contribution < 1.29 is 5.11 Å². The number of anilines is 3.